The molecule has 2 heterocycles. The number of halogens is 4. The van der Waals surface area contributed by atoms with Crippen LogP contribution in [0, 0.1) is 0 Å². The van der Waals surface area contributed by atoms with E-state index in [1.54, 1.807) is 7.05 Å². The maximum absolute atomic E-state index is 12.6. The van der Waals surface area contributed by atoms with Crippen LogP contribution in [-0.4, -0.2) is 19.7 Å². The first kappa shape index (κ1) is 13.6. The highest BCUT2D eigenvalue weighted by Crippen LogP contribution is 2.31. The molecule has 0 aliphatic heterocycles. The standard InChI is InChI=1S/C10H9ClF3N5/c1-19-5-16-9(18-19)4-15-8-3-6(10(12,13)14)2-7(11)17-8/h2-3,5H,4H2,1H3,(H,15,17). The van der Waals surface area contributed by atoms with Crippen molar-refractivity contribution in [3.63, 3.8) is 0 Å². The SMILES string of the molecule is Cn1cnc(CNc2cc(C(F)(F)F)cc(Cl)n2)n1. The van der Waals surface area contributed by atoms with Crippen molar-refractivity contribution in [2.75, 3.05) is 5.32 Å². The largest absolute Gasteiger partial charge is 0.416 e. The van der Waals surface area contributed by atoms with E-state index in [0.29, 0.717) is 5.82 Å². The molecule has 102 valence electrons. The number of nitrogens with one attached hydrogen (secondary N) is 1. The Hall–Kier alpha value is -1.83. The van der Waals surface area contributed by atoms with Crippen molar-refractivity contribution in [2.45, 2.75) is 12.7 Å². The maximum atomic E-state index is 12.6. The van der Waals surface area contributed by atoms with Crippen LogP contribution in [0.15, 0.2) is 18.5 Å². The minimum absolute atomic E-state index is 0.0206. The van der Waals surface area contributed by atoms with Gasteiger partial charge >= 0.3 is 6.18 Å². The van der Waals surface area contributed by atoms with E-state index in [1.807, 2.05) is 0 Å². The Labute approximate surface area is 111 Å². The molecular formula is C10H9ClF3N5. The lowest BCUT2D eigenvalue weighted by Crippen LogP contribution is -2.09. The summed E-state index contributed by atoms with van der Waals surface area (Å²) in [6.07, 6.45) is -2.98. The van der Waals surface area contributed by atoms with E-state index in [4.69, 9.17) is 11.6 Å². The summed E-state index contributed by atoms with van der Waals surface area (Å²) in [4.78, 5) is 7.69. The molecule has 9 heteroatoms. The average Bonchev–Trinajstić information content (AvgIpc) is 2.71. The zero-order valence-electron chi connectivity index (χ0n) is 9.74. The summed E-state index contributed by atoms with van der Waals surface area (Å²) in [5.74, 6) is 0.463. The molecule has 2 rings (SSSR count). The molecule has 0 aliphatic rings. The number of hydrogen-bond donors (Lipinski definition) is 1. The summed E-state index contributed by atoms with van der Waals surface area (Å²) < 4.78 is 39.2. The van der Waals surface area contributed by atoms with Gasteiger partial charge in [0.1, 0.15) is 17.3 Å². The second-order valence-corrected chi connectivity index (χ2v) is 4.14. The fourth-order valence-corrected chi connectivity index (χ4v) is 1.59. The molecule has 2 aromatic rings. The predicted molar refractivity (Wildman–Crippen MR) is 62.6 cm³/mol. The van der Waals surface area contributed by atoms with Gasteiger partial charge in [-0.1, -0.05) is 11.6 Å². The quantitative estimate of drug-likeness (QED) is 0.883. The zero-order chi connectivity index (χ0) is 14.0. The first-order chi connectivity index (χ1) is 8.84. The van der Waals surface area contributed by atoms with Gasteiger partial charge in [-0.05, 0) is 12.1 Å². The Morgan fingerprint density at radius 1 is 1.37 bits per heavy atom. The van der Waals surface area contributed by atoms with E-state index in [-0.39, 0.29) is 17.5 Å². The number of rotatable bonds is 3. The molecule has 0 amide bonds. The normalized spacial score (nSPS) is 11.6. The lowest BCUT2D eigenvalue weighted by atomic mass is 10.2. The lowest BCUT2D eigenvalue weighted by molar-refractivity contribution is -0.137. The number of aryl methyl sites for hydroxylation is 1. The highest BCUT2D eigenvalue weighted by Gasteiger charge is 2.31. The van der Waals surface area contributed by atoms with Crippen LogP contribution in [0.2, 0.25) is 5.15 Å². The highest BCUT2D eigenvalue weighted by atomic mass is 35.5. The van der Waals surface area contributed by atoms with Crippen molar-refractivity contribution < 1.29 is 13.2 Å². The van der Waals surface area contributed by atoms with Gasteiger partial charge in [-0.15, -0.1) is 0 Å². The Balaban J connectivity index is 2.14. The second kappa shape index (κ2) is 5.04. The molecule has 0 bridgehead atoms. The van der Waals surface area contributed by atoms with Crippen molar-refractivity contribution in [1.82, 2.24) is 19.7 Å². The van der Waals surface area contributed by atoms with Crippen molar-refractivity contribution in [2.24, 2.45) is 7.05 Å². The molecule has 5 nitrogen and oxygen atoms in total. The van der Waals surface area contributed by atoms with E-state index < -0.39 is 11.7 Å². The molecule has 0 saturated heterocycles. The third-order valence-electron chi connectivity index (χ3n) is 2.20. The number of nitrogens with zero attached hydrogens (tertiary/aromatic N) is 4. The average molecular weight is 292 g/mol. The summed E-state index contributed by atoms with van der Waals surface area (Å²) in [5.41, 5.74) is -0.857. The summed E-state index contributed by atoms with van der Waals surface area (Å²) >= 11 is 5.56. The molecule has 0 radical (unpaired) electrons. The van der Waals surface area contributed by atoms with Crippen LogP contribution in [0.3, 0.4) is 0 Å². The Kier molecular flexibility index (Phi) is 3.61. The topological polar surface area (TPSA) is 55.6 Å². The second-order valence-electron chi connectivity index (χ2n) is 3.75. The monoisotopic (exact) mass is 291 g/mol. The van der Waals surface area contributed by atoms with Gasteiger partial charge in [-0.25, -0.2) is 9.97 Å². The van der Waals surface area contributed by atoms with Crippen LogP contribution in [0.25, 0.3) is 0 Å². The minimum Gasteiger partial charge on any atom is -0.363 e. The van der Waals surface area contributed by atoms with Crippen molar-refractivity contribution in [3.05, 3.63) is 35.0 Å². The van der Waals surface area contributed by atoms with Crippen LogP contribution in [-0.2, 0) is 19.8 Å². The summed E-state index contributed by atoms with van der Waals surface area (Å²) in [6.45, 7) is 0.158. The van der Waals surface area contributed by atoms with Gasteiger partial charge in [-0.3, -0.25) is 4.68 Å². The molecule has 0 unspecified atom stereocenters. The van der Waals surface area contributed by atoms with E-state index in [2.05, 4.69) is 20.4 Å². The van der Waals surface area contributed by atoms with Crippen LogP contribution in [0.1, 0.15) is 11.4 Å². The van der Waals surface area contributed by atoms with Crippen molar-refractivity contribution in [1.29, 1.82) is 0 Å². The Morgan fingerprint density at radius 3 is 2.68 bits per heavy atom. The summed E-state index contributed by atoms with van der Waals surface area (Å²) in [6, 6.07) is 1.65. The van der Waals surface area contributed by atoms with Crippen molar-refractivity contribution in [3.8, 4) is 0 Å². The van der Waals surface area contributed by atoms with Crippen LogP contribution >= 0.6 is 11.6 Å². The third-order valence-corrected chi connectivity index (χ3v) is 2.39. The van der Waals surface area contributed by atoms with E-state index >= 15 is 0 Å². The zero-order valence-corrected chi connectivity index (χ0v) is 10.5. The summed E-state index contributed by atoms with van der Waals surface area (Å²) in [7, 11) is 1.69. The fourth-order valence-electron chi connectivity index (χ4n) is 1.39. The van der Waals surface area contributed by atoms with Gasteiger partial charge < -0.3 is 5.32 Å². The number of alkyl halides is 3. The molecule has 0 aliphatic carbocycles. The van der Waals surface area contributed by atoms with Gasteiger partial charge in [0.15, 0.2) is 5.82 Å². The lowest BCUT2D eigenvalue weighted by Gasteiger charge is -2.09. The fraction of sp³-hybridized carbons (Fsp3) is 0.300. The predicted octanol–water partition coefficient (Wildman–Crippen LogP) is 2.49. The number of aromatic nitrogens is 4. The minimum atomic E-state index is -4.47. The van der Waals surface area contributed by atoms with E-state index in [0.717, 1.165) is 12.1 Å². The van der Waals surface area contributed by atoms with Crippen LogP contribution in [0.5, 0.6) is 0 Å². The first-order valence-electron chi connectivity index (χ1n) is 5.18. The third kappa shape index (κ3) is 3.57. The molecule has 19 heavy (non-hydrogen) atoms. The first-order valence-corrected chi connectivity index (χ1v) is 5.55. The maximum Gasteiger partial charge on any atom is 0.416 e. The Bertz CT molecular complexity index is 581. The molecule has 2 aromatic heterocycles. The van der Waals surface area contributed by atoms with Crippen LogP contribution in [0.4, 0.5) is 19.0 Å². The van der Waals surface area contributed by atoms with E-state index in [1.165, 1.54) is 11.0 Å². The van der Waals surface area contributed by atoms with E-state index in [9.17, 15) is 13.2 Å². The van der Waals surface area contributed by atoms with Gasteiger partial charge in [0.25, 0.3) is 0 Å². The number of anilines is 1. The molecular weight excluding hydrogens is 283 g/mol. The molecule has 0 aromatic carbocycles. The van der Waals surface area contributed by atoms with Crippen molar-refractivity contribution >= 4 is 17.4 Å². The van der Waals surface area contributed by atoms with Crippen LogP contribution < -0.4 is 5.32 Å². The number of pyridine rings is 1. The molecule has 0 spiro atoms. The molecule has 0 fully saturated rings. The number of hydrogen-bond acceptors (Lipinski definition) is 4. The summed E-state index contributed by atoms with van der Waals surface area (Å²) in [5, 5.41) is 6.44. The Morgan fingerprint density at radius 2 is 2.11 bits per heavy atom. The van der Waals surface area contributed by atoms with Gasteiger partial charge in [0.05, 0.1) is 12.1 Å². The molecule has 0 atom stereocenters. The van der Waals surface area contributed by atoms with Gasteiger partial charge in [0, 0.05) is 7.05 Å². The molecule has 0 saturated carbocycles. The highest BCUT2D eigenvalue weighted by molar-refractivity contribution is 6.29. The smallest absolute Gasteiger partial charge is 0.363 e. The molecule has 1 N–H and O–H groups in total. The van der Waals surface area contributed by atoms with Gasteiger partial charge in [-0.2, -0.15) is 18.3 Å². The van der Waals surface area contributed by atoms with Gasteiger partial charge in [0.2, 0.25) is 0 Å².